The van der Waals surface area contributed by atoms with E-state index in [1.54, 1.807) is 0 Å². The van der Waals surface area contributed by atoms with Gasteiger partial charge >= 0.3 is 5.97 Å². The molecule has 6 aliphatic rings. The van der Waals surface area contributed by atoms with E-state index in [0.717, 1.165) is 51.4 Å². The van der Waals surface area contributed by atoms with Crippen LogP contribution in [0.2, 0.25) is 0 Å². The van der Waals surface area contributed by atoms with Crippen molar-refractivity contribution in [2.24, 2.45) is 56.2 Å². The van der Waals surface area contributed by atoms with Crippen molar-refractivity contribution in [3.8, 4) is 0 Å². The highest BCUT2D eigenvalue weighted by atomic mass is 16.6. The maximum Gasteiger partial charge on any atom is 0.312 e. The van der Waals surface area contributed by atoms with E-state index >= 15 is 0 Å². The molecule has 2 bridgehead atoms. The van der Waals surface area contributed by atoms with Crippen LogP contribution in [0.4, 0.5) is 0 Å². The number of fused-ring (bicyclic) bond motifs is 5. The quantitative estimate of drug-likeness (QED) is 0.316. The van der Waals surface area contributed by atoms with Crippen molar-refractivity contribution in [1.82, 2.24) is 0 Å². The van der Waals surface area contributed by atoms with E-state index in [4.69, 9.17) is 4.74 Å². The van der Waals surface area contributed by atoms with Crippen LogP contribution >= 0.6 is 0 Å². The van der Waals surface area contributed by atoms with Crippen molar-refractivity contribution >= 4 is 17.5 Å². The highest BCUT2D eigenvalue weighted by Crippen LogP contribution is 2.77. The van der Waals surface area contributed by atoms with Gasteiger partial charge in [-0.15, -0.1) is 0 Å². The van der Waals surface area contributed by atoms with E-state index in [-0.39, 0.29) is 56.6 Å². The maximum atomic E-state index is 13.3. The second kappa shape index (κ2) is 6.38. The van der Waals surface area contributed by atoms with E-state index < -0.39 is 5.41 Å². The number of Topliss-reactive ketones (excluding diaryl/α,β-unsaturated/α-hetero) is 2. The molecule has 5 aliphatic carbocycles. The SMILES string of the molecule is CC1(C)CCC23CC[C@@]4(C)C(CCC5[C@@]6(C)CC(=O)C(=O)C(C)(C)C6CC[C@]54C)C2C1OC3=O. The summed E-state index contributed by atoms with van der Waals surface area (Å²) in [4.78, 5) is 39.2. The number of carbonyl (C=O) groups excluding carboxylic acids is 3. The van der Waals surface area contributed by atoms with Crippen LogP contribution in [0.15, 0.2) is 0 Å². The third-order valence-electron chi connectivity index (χ3n) is 13.6. The summed E-state index contributed by atoms with van der Waals surface area (Å²) in [6.45, 7) is 16.1. The van der Waals surface area contributed by atoms with Gasteiger partial charge in [-0.1, -0.05) is 48.5 Å². The average molecular weight is 469 g/mol. The number of hydrogen-bond acceptors (Lipinski definition) is 4. The van der Waals surface area contributed by atoms with Crippen LogP contribution in [0.1, 0.15) is 106 Å². The molecule has 0 aromatic rings. The predicted molar refractivity (Wildman–Crippen MR) is 130 cm³/mol. The lowest BCUT2D eigenvalue weighted by atomic mass is 9.31. The molecular formula is C30H44O4. The first kappa shape index (κ1) is 23.2. The van der Waals surface area contributed by atoms with Crippen LogP contribution < -0.4 is 0 Å². The Morgan fingerprint density at radius 2 is 1.41 bits per heavy atom. The molecule has 6 rings (SSSR count). The topological polar surface area (TPSA) is 60.4 Å². The van der Waals surface area contributed by atoms with E-state index in [9.17, 15) is 14.4 Å². The van der Waals surface area contributed by atoms with Crippen molar-refractivity contribution < 1.29 is 19.1 Å². The lowest BCUT2D eigenvalue weighted by molar-refractivity contribution is -0.238. The minimum absolute atomic E-state index is 0.0401. The van der Waals surface area contributed by atoms with Crippen molar-refractivity contribution in [3.05, 3.63) is 0 Å². The van der Waals surface area contributed by atoms with Gasteiger partial charge in [0.1, 0.15) is 6.10 Å². The molecule has 5 saturated carbocycles. The van der Waals surface area contributed by atoms with Crippen LogP contribution in [0.3, 0.4) is 0 Å². The van der Waals surface area contributed by atoms with Gasteiger partial charge in [-0.2, -0.15) is 0 Å². The third kappa shape index (κ3) is 2.36. The zero-order valence-corrected chi connectivity index (χ0v) is 22.4. The maximum absolute atomic E-state index is 13.3. The molecule has 0 aromatic heterocycles. The molecule has 0 N–H and O–H groups in total. The Morgan fingerprint density at radius 1 is 0.735 bits per heavy atom. The largest absolute Gasteiger partial charge is 0.461 e. The summed E-state index contributed by atoms with van der Waals surface area (Å²) in [5.74, 6) is 1.34. The highest BCUT2D eigenvalue weighted by molar-refractivity contribution is 6.39. The molecule has 0 spiro atoms. The van der Waals surface area contributed by atoms with Gasteiger partial charge in [0.25, 0.3) is 0 Å². The fourth-order valence-electron chi connectivity index (χ4n) is 11.6. The summed E-state index contributed by atoms with van der Waals surface area (Å²) in [6, 6.07) is 0. The second-order valence-electron chi connectivity index (χ2n) is 15.3. The first-order valence-corrected chi connectivity index (χ1v) is 13.9. The Balaban J connectivity index is 1.43. The molecule has 34 heavy (non-hydrogen) atoms. The molecule has 6 unspecified atom stereocenters. The van der Waals surface area contributed by atoms with Gasteiger partial charge in [0.05, 0.1) is 5.41 Å². The van der Waals surface area contributed by atoms with Gasteiger partial charge in [0.15, 0.2) is 5.78 Å². The molecule has 0 aromatic carbocycles. The molecule has 9 atom stereocenters. The van der Waals surface area contributed by atoms with Gasteiger partial charge in [0.2, 0.25) is 5.78 Å². The summed E-state index contributed by atoms with van der Waals surface area (Å²) >= 11 is 0. The summed E-state index contributed by atoms with van der Waals surface area (Å²) in [7, 11) is 0. The smallest absolute Gasteiger partial charge is 0.312 e. The van der Waals surface area contributed by atoms with Crippen LogP contribution in [0.5, 0.6) is 0 Å². The first-order valence-electron chi connectivity index (χ1n) is 13.9. The number of hydrogen-bond donors (Lipinski definition) is 0. The van der Waals surface area contributed by atoms with Gasteiger partial charge in [-0.3, -0.25) is 14.4 Å². The van der Waals surface area contributed by atoms with Gasteiger partial charge < -0.3 is 4.74 Å². The number of esters is 1. The molecule has 188 valence electrons. The lowest BCUT2D eigenvalue weighted by Gasteiger charge is -2.72. The minimum Gasteiger partial charge on any atom is -0.461 e. The predicted octanol–water partition coefficient (Wildman–Crippen LogP) is 6.15. The van der Waals surface area contributed by atoms with Gasteiger partial charge in [-0.05, 0) is 85.4 Å². The van der Waals surface area contributed by atoms with E-state index in [0.29, 0.717) is 24.2 Å². The summed E-state index contributed by atoms with van der Waals surface area (Å²) in [5, 5.41) is 0. The van der Waals surface area contributed by atoms with Crippen molar-refractivity contribution in [1.29, 1.82) is 0 Å². The fraction of sp³-hybridized carbons (Fsp3) is 0.900. The molecule has 0 radical (unpaired) electrons. The monoisotopic (exact) mass is 468 g/mol. The Labute approximate surface area is 205 Å². The van der Waals surface area contributed by atoms with Crippen LogP contribution in [-0.4, -0.2) is 23.6 Å². The number of ether oxygens (including phenoxy) is 1. The minimum atomic E-state index is -0.563. The zero-order valence-electron chi connectivity index (χ0n) is 22.4. The van der Waals surface area contributed by atoms with Crippen LogP contribution in [0, 0.1) is 56.2 Å². The first-order chi connectivity index (χ1) is 15.7. The van der Waals surface area contributed by atoms with Crippen molar-refractivity contribution in [2.45, 2.75) is 112 Å². The lowest BCUT2D eigenvalue weighted by Crippen LogP contribution is -2.68. The summed E-state index contributed by atoms with van der Waals surface area (Å²) in [6.07, 6.45) is 8.94. The van der Waals surface area contributed by atoms with Gasteiger partial charge in [0, 0.05) is 23.2 Å². The Hall–Kier alpha value is -1.19. The molecular weight excluding hydrogens is 424 g/mol. The number of rotatable bonds is 0. The molecule has 4 heteroatoms. The second-order valence-corrected chi connectivity index (χ2v) is 15.3. The highest BCUT2D eigenvalue weighted by Gasteiger charge is 2.75. The standard InChI is InChI=1S/C30H44O4/c1-25(2)12-14-30-15-13-28(6)17(21(30)23(25)34-24(30)33)8-9-20-27(5)16-18(31)22(32)26(3,4)19(27)10-11-29(20,28)7/h17,19-21,23H,8-16H2,1-7H3/t17?,19?,20?,21?,23?,27-,28-,29+,30?/m0/s1. The Kier molecular flexibility index (Phi) is 4.36. The fourth-order valence-corrected chi connectivity index (χ4v) is 11.6. The van der Waals surface area contributed by atoms with Crippen molar-refractivity contribution in [2.75, 3.05) is 0 Å². The Morgan fingerprint density at radius 3 is 2.12 bits per heavy atom. The van der Waals surface area contributed by atoms with E-state index in [1.165, 1.54) is 0 Å². The summed E-state index contributed by atoms with van der Waals surface area (Å²) < 4.78 is 6.24. The number of carbonyl (C=O) groups is 3. The van der Waals surface area contributed by atoms with Crippen molar-refractivity contribution in [3.63, 3.8) is 0 Å². The summed E-state index contributed by atoms with van der Waals surface area (Å²) in [5.41, 5.74) is -0.658. The molecule has 4 nitrogen and oxygen atoms in total. The normalized spacial score (nSPS) is 54.9. The van der Waals surface area contributed by atoms with E-state index in [2.05, 4.69) is 34.6 Å². The average Bonchev–Trinajstić information content (AvgIpc) is 3.00. The van der Waals surface area contributed by atoms with Crippen LogP contribution in [-0.2, 0) is 19.1 Å². The molecule has 1 saturated heterocycles. The molecule has 6 fully saturated rings. The molecule has 0 amide bonds. The van der Waals surface area contributed by atoms with Gasteiger partial charge in [-0.25, -0.2) is 0 Å². The molecule has 1 aliphatic heterocycles. The van der Waals surface area contributed by atoms with Crippen LogP contribution in [0.25, 0.3) is 0 Å². The third-order valence-corrected chi connectivity index (χ3v) is 13.6. The molecule has 1 heterocycles. The zero-order chi connectivity index (χ0) is 24.7. The number of ketones is 2. The van der Waals surface area contributed by atoms with E-state index in [1.807, 2.05) is 13.8 Å². The Bertz CT molecular complexity index is 994.